The van der Waals surface area contributed by atoms with Gasteiger partial charge in [-0.2, -0.15) is 0 Å². The van der Waals surface area contributed by atoms with E-state index in [1.165, 1.54) is 18.9 Å². The largest absolute Gasteiger partial charge is 0.353 e. The number of aromatic nitrogens is 2. The lowest BCUT2D eigenvalue weighted by molar-refractivity contribution is 0.616. The van der Waals surface area contributed by atoms with Gasteiger partial charge >= 0.3 is 0 Å². The molecule has 0 radical (unpaired) electrons. The highest BCUT2D eigenvalue weighted by molar-refractivity contribution is 9.10. The predicted molar refractivity (Wildman–Crippen MR) is 77.1 cm³/mol. The normalized spacial score (nSPS) is 15.9. The number of hydrogen-bond donors (Lipinski definition) is 1. The molecule has 19 heavy (non-hydrogen) atoms. The molecule has 3 nitrogen and oxygen atoms in total. The van der Waals surface area contributed by atoms with Crippen molar-refractivity contribution in [1.82, 2.24) is 9.55 Å². The van der Waals surface area contributed by atoms with Crippen molar-refractivity contribution in [2.75, 3.05) is 5.32 Å². The molecular weight excluding hydrogens is 309 g/mol. The van der Waals surface area contributed by atoms with E-state index in [1.54, 1.807) is 23.0 Å². The third kappa shape index (κ3) is 2.66. The van der Waals surface area contributed by atoms with E-state index in [0.717, 1.165) is 17.3 Å². The van der Waals surface area contributed by atoms with Gasteiger partial charge in [0.2, 0.25) is 5.95 Å². The van der Waals surface area contributed by atoms with Crippen molar-refractivity contribution in [2.45, 2.75) is 31.7 Å². The van der Waals surface area contributed by atoms with Crippen molar-refractivity contribution in [2.24, 2.45) is 0 Å². The molecular formula is C14H15BrFN3. The highest BCUT2D eigenvalue weighted by atomic mass is 79.9. The van der Waals surface area contributed by atoms with Crippen molar-refractivity contribution in [1.29, 1.82) is 0 Å². The van der Waals surface area contributed by atoms with Crippen LogP contribution in [0.15, 0.2) is 35.1 Å². The Balaban J connectivity index is 1.90. The Morgan fingerprint density at radius 1 is 1.32 bits per heavy atom. The predicted octanol–water partition coefficient (Wildman–Crippen LogP) is 4.13. The molecule has 1 aromatic heterocycles. The van der Waals surface area contributed by atoms with Crippen LogP contribution in [0.4, 0.5) is 10.3 Å². The summed E-state index contributed by atoms with van der Waals surface area (Å²) in [5.41, 5.74) is 0.515. The Kier molecular flexibility index (Phi) is 3.55. The molecule has 1 fully saturated rings. The SMILES string of the molecule is Fc1cc(Br)ccc1-n1ccnc1NC1CCCC1. The zero-order valence-corrected chi connectivity index (χ0v) is 12.0. The first kappa shape index (κ1) is 12.7. The molecule has 1 heterocycles. The summed E-state index contributed by atoms with van der Waals surface area (Å²) < 4.78 is 16.5. The summed E-state index contributed by atoms with van der Waals surface area (Å²) in [6.07, 6.45) is 8.31. The average molecular weight is 324 g/mol. The zero-order chi connectivity index (χ0) is 13.2. The third-order valence-electron chi connectivity index (χ3n) is 3.50. The highest BCUT2D eigenvalue weighted by Crippen LogP contribution is 2.25. The lowest BCUT2D eigenvalue weighted by Crippen LogP contribution is -2.17. The Labute approximate surface area is 120 Å². The molecule has 1 N–H and O–H groups in total. The van der Waals surface area contributed by atoms with E-state index in [-0.39, 0.29) is 5.82 Å². The molecule has 1 aromatic carbocycles. The fourth-order valence-corrected chi connectivity index (χ4v) is 2.87. The van der Waals surface area contributed by atoms with Crippen LogP contribution >= 0.6 is 15.9 Å². The van der Waals surface area contributed by atoms with Crippen LogP contribution in [0.5, 0.6) is 0 Å². The molecule has 1 aliphatic carbocycles. The standard InChI is InChI=1S/C14H15BrFN3/c15-10-5-6-13(12(16)9-10)19-8-7-17-14(19)18-11-3-1-2-4-11/h5-9,11H,1-4H2,(H,17,18). The second-order valence-electron chi connectivity index (χ2n) is 4.84. The molecule has 0 spiro atoms. The van der Waals surface area contributed by atoms with Crippen LogP contribution in [0.2, 0.25) is 0 Å². The Morgan fingerprint density at radius 3 is 2.84 bits per heavy atom. The lowest BCUT2D eigenvalue weighted by Gasteiger charge is -2.15. The van der Waals surface area contributed by atoms with Crippen molar-refractivity contribution >= 4 is 21.9 Å². The number of halogens is 2. The van der Waals surface area contributed by atoms with Crippen LogP contribution in [-0.4, -0.2) is 15.6 Å². The molecule has 2 aromatic rings. The van der Waals surface area contributed by atoms with Gasteiger partial charge < -0.3 is 5.32 Å². The van der Waals surface area contributed by atoms with Gasteiger partial charge in [0.15, 0.2) is 0 Å². The van der Waals surface area contributed by atoms with Crippen LogP contribution in [0.1, 0.15) is 25.7 Å². The summed E-state index contributed by atoms with van der Waals surface area (Å²) in [4.78, 5) is 4.29. The zero-order valence-electron chi connectivity index (χ0n) is 10.4. The van der Waals surface area contributed by atoms with Gasteiger partial charge in [0.1, 0.15) is 5.82 Å². The van der Waals surface area contributed by atoms with E-state index in [2.05, 4.69) is 26.2 Å². The van der Waals surface area contributed by atoms with E-state index in [9.17, 15) is 4.39 Å². The summed E-state index contributed by atoms with van der Waals surface area (Å²) in [5.74, 6) is 0.454. The smallest absolute Gasteiger partial charge is 0.207 e. The molecule has 3 rings (SSSR count). The van der Waals surface area contributed by atoms with Crippen LogP contribution in [0.25, 0.3) is 5.69 Å². The minimum Gasteiger partial charge on any atom is -0.353 e. The fraction of sp³-hybridized carbons (Fsp3) is 0.357. The Hall–Kier alpha value is -1.36. The summed E-state index contributed by atoms with van der Waals surface area (Å²) >= 11 is 3.27. The minimum absolute atomic E-state index is 0.262. The van der Waals surface area contributed by atoms with E-state index in [4.69, 9.17) is 0 Å². The number of anilines is 1. The topological polar surface area (TPSA) is 29.9 Å². The summed E-state index contributed by atoms with van der Waals surface area (Å²) in [7, 11) is 0. The van der Waals surface area contributed by atoms with Gasteiger partial charge in [-0.3, -0.25) is 4.57 Å². The molecule has 1 saturated carbocycles. The van der Waals surface area contributed by atoms with Crippen molar-refractivity contribution < 1.29 is 4.39 Å². The number of nitrogens with zero attached hydrogens (tertiary/aromatic N) is 2. The maximum absolute atomic E-state index is 14.0. The summed E-state index contributed by atoms with van der Waals surface area (Å²) in [6.45, 7) is 0. The third-order valence-corrected chi connectivity index (χ3v) is 3.99. The van der Waals surface area contributed by atoms with Gasteiger partial charge in [0.05, 0.1) is 5.69 Å². The monoisotopic (exact) mass is 323 g/mol. The van der Waals surface area contributed by atoms with Gasteiger partial charge in [0, 0.05) is 22.9 Å². The summed E-state index contributed by atoms with van der Waals surface area (Å²) in [5, 5.41) is 3.40. The van der Waals surface area contributed by atoms with Gasteiger partial charge in [-0.25, -0.2) is 9.37 Å². The number of hydrogen-bond acceptors (Lipinski definition) is 2. The maximum atomic E-state index is 14.0. The fourth-order valence-electron chi connectivity index (χ4n) is 2.53. The first-order chi connectivity index (χ1) is 9.24. The van der Waals surface area contributed by atoms with Crippen LogP contribution in [-0.2, 0) is 0 Å². The van der Waals surface area contributed by atoms with Gasteiger partial charge in [-0.05, 0) is 31.0 Å². The first-order valence-corrected chi connectivity index (χ1v) is 7.28. The number of rotatable bonds is 3. The second-order valence-corrected chi connectivity index (χ2v) is 5.76. The molecule has 5 heteroatoms. The quantitative estimate of drug-likeness (QED) is 0.920. The van der Waals surface area contributed by atoms with E-state index < -0.39 is 0 Å². The minimum atomic E-state index is -0.262. The van der Waals surface area contributed by atoms with Crippen LogP contribution in [0, 0.1) is 5.82 Å². The molecule has 0 bridgehead atoms. The van der Waals surface area contributed by atoms with Crippen LogP contribution in [0.3, 0.4) is 0 Å². The van der Waals surface area contributed by atoms with Gasteiger partial charge in [0.25, 0.3) is 0 Å². The number of imidazole rings is 1. The van der Waals surface area contributed by atoms with Crippen molar-refractivity contribution in [3.05, 3.63) is 40.9 Å². The highest BCUT2D eigenvalue weighted by Gasteiger charge is 2.17. The first-order valence-electron chi connectivity index (χ1n) is 6.49. The Bertz CT molecular complexity index is 576. The molecule has 0 aliphatic heterocycles. The molecule has 0 amide bonds. The van der Waals surface area contributed by atoms with E-state index in [0.29, 0.717) is 17.7 Å². The molecule has 0 unspecified atom stereocenters. The molecule has 100 valence electrons. The molecule has 0 saturated heterocycles. The molecule has 1 aliphatic rings. The second kappa shape index (κ2) is 5.33. The summed E-state index contributed by atoms with van der Waals surface area (Å²) in [6, 6.07) is 5.51. The average Bonchev–Trinajstić information content (AvgIpc) is 3.02. The van der Waals surface area contributed by atoms with Gasteiger partial charge in [-0.15, -0.1) is 0 Å². The maximum Gasteiger partial charge on any atom is 0.207 e. The molecule has 0 atom stereocenters. The van der Waals surface area contributed by atoms with E-state index >= 15 is 0 Å². The number of nitrogens with one attached hydrogen (secondary N) is 1. The van der Waals surface area contributed by atoms with E-state index in [1.807, 2.05) is 6.07 Å². The van der Waals surface area contributed by atoms with Crippen LogP contribution < -0.4 is 5.32 Å². The van der Waals surface area contributed by atoms with Crippen molar-refractivity contribution in [3.63, 3.8) is 0 Å². The number of benzene rings is 1. The Morgan fingerprint density at radius 2 is 2.11 bits per heavy atom. The van der Waals surface area contributed by atoms with Crippen molar-refractivity contribution in [3.8, 4) is 5.69 Å². The van der Waals surface area contributed by atoms with Gasteiger partial charge in [-0.1, -0.05) is 28.8 Å². The lowest BCUT2D eigenvalue weighted by atomic mass is 10.2.